The number of rotatable bonds is 4. The topological polar surface area (TPSA) is 35.2 Å². The summed E-state index contributed by atoms with van der Waals surface area (Å²) in [4.78, 5) is 0. The normalized spacial score (nSPS) is 12.2. The Labute approximate surface area is 130 Å². The molecule has 0 spiro atoms. The van der Waals surface area contributed by atoms with Crippen molar-refractivity contribution >= 4 is 27.5 Å². The third-order valence-electron chi connectivity index (χ3n) is 2.72. The van der Waals surface area contributed by atoms with Gasteiger partial charge in [-0.25, -0.2) is 4.39 Å². The van der Waals surface area contributed by atoms with Crippen molar-refractivity contribution in [1.29, 1.82) is 0 Å². The summed E-state index contributed by atoms with van der Waals surface area (Å²) in [5.41, 5.74) is 6.59. The molecule has 0 aliphatic carbocycles. The molecule has 0 aliphatic rings. The second-order valence-electron chi connectivity index (χ2n) is 4.57. The standard InChI is InChI=1S/C15H14BrClFNO/c1-9(19)7-11-12(17)3-2-4-14(11)20-15-8-10(16)5-6-13(15)18/h2-6,8-9H,7,19H2,1H3. The Balaban J connectivity index is 2.38. The van der Waals surface area contributed by atoms with Crippen molar-refractivity contribution < 1.29 is 9.13 Å². The molecule has 2 aromatic carbocycles. The van der Waals surface area contributed by atoms with Gasteiger partial charge in [0.15, 0.2) is 11.6 Å². The average molecular weight is 359 g/mol. The maximum absolute atomic E-state index is 13.7. The van der Waals surface area contributed by atoms with Crippen molar-refractivity contribution in [2.45, 2.75) is 19.4 Å². The van der Waals surface area contributed by atoms with Crippen LogP contribution in [0, 0.1) is 5.82 Å². The van der Waals surface area contributed by atoms with Crippen LogP contribution in [0.15, 0.2) is 40.9 Å². The molecule has 20 heavy (non-hydrogen) atoms. The van der Waals surface area contributed by atoms with Gasteiger partial charge in [0.1, 0.15) is 5.75 Å². The van der Waals surface area contributed by atoms with E-state index in [1.54, 1.807) is 30.3 Å². The van der Waals surface area contributed by atoms with Crippen molar-refractivity contribution in [3.63, 3.8) is 0 Å². The molecular formula is C15H14BrClFNO. The molecule has 106 valence electrons. The lowest BCUT2D eigenvalue weighted by atomic mass is 10.1. The molecule has 2 nitrogen and oxygen atoms in total. The molecule has 0 saturated carbocycles. The Morgan fingerprint density at radius 1 is 1.30 bits per heavy atom. The zero-order chi connectivity index (χ0) is 14.7. The summed E-state index contributed by atoms with van der Waals surface area (Å²) in [7, 11) is 0. The van der Waals surface area contributed by atoms with Gasteiger partial charge in [-0.1, -0.05) is 33.6 Å². The lowest BCUT2D eigenvalue weighted by molar-refractivity contribution is 0.436. The summed E-state index contributed by atoms with van der Waals surface area (Å²) in [5, 5.41) is 0.565. The number of halogens is 3. The van der Waals surface area contributed by atoms with Crippen LogP contribution in [-0.2, 0) is 6.42 Å². The quantitative estimate of drug-likeness (QED) is 0.841. The zero-order valence-electron chi connectivity index (χ0n) is 10.9. The van der Waals surface area contributed by atoms with Gasteiger partial charge in [-0.15, -0.1) is 0 Å². The molecule has 0 fully saturated rings. The molecule has 2 N–H and O–H groups in total. The molecule has 0 aromatic heterocycles. The van der Waals surface area contributed by atoms with Gasteiger partial charge in [-0.3, -0.25) is 0 Å². The van der Waals surface area contributed by atoms with E-state index in [-0.39, 0.29) is 11.8 Å². The Hall–Kier alpha value is -1.10. The fourth-order valence-electron chi connectivity index (χ4n) is 1.83. The SMILES string of the molecule is CC(N)Cc1c(Cl)cccc1Oc1cc(Br)ccc1F. The van der Waals surface area contributed by atoms with E-state index in [4.69, 9.17) is 22.1 Å². The summed E-state index contributed by atoms with van der Waals surface area (Å²) in [6.07, 6.45) is 0.560. The van der Waals surface area contributed by atoms with Gasteiger partial charge in [0.25, 0.3) is 0 Å². The van der Waals surface area contributed by atoms with E-state index in [1.165, 1.54) is 6.07 Å². The van der Waals surface area contributed by atoms with Gasteiger partial charge in [-0.05, 0) is 43.7 Å². The predicted octanol–water partition coefficient (Wildman–Crippen LogP) is 4.92. The second-order valence-corrected chi connectivity index (χ2v) is 5.90. The number of hydrogen-bond donors (Lipinski definition) is 1. The van der Waals surface area contributed by atoms with Gasteiger partial charge in [-0.2, -0.15) is 0 Å². The highest BCUT2D eigenvalue weighted by Crippen LogP contribution is 2.33. The van der Waals surface area contributed by atoms with E-state index in [9.17, 15) is 4.39 Å². The van der Waals surface area contributed by atoms with E-state index >= 15 is 0 Å². The van der Waals surface area contributed by atoms with Gasteiger partial charge in [0.05, 0.1) is 0 Å². The highest BCUT2D eigenvalue weighted by Gasteiger charge is 2.13. The van der Waals surface area contributed by atoms with Crippen LogP contribution in [0.25, 0.3) is 0 Å². The largest absolute Gasteiger partial charge is 0.454 e. The monoisotopic (exact) mass is 357 g/mol. The molecule has 0 saturated heterocycles. The van der Waals surface area contributed by atoms with Crippen molar-refractivity contribution in [2.24, 2.45) is 5.73 Å². The lowest BCUT2D eigenvalue weighted by Crippen LogP contribution is -2.18. The first-order valence-corrected chi connectivity index (χ1v) is 7.30. The summed E-state index contributed by atoms with van der Waals surface area (Å²) >= 11 is 9.46. The maximum Gasteiger partial charge on any atom is 0.165 e. The molecule has 0 heterocycles. The third-order valence-corrected chi connectivity index (χ3v) is 3.56. The molecule has 5 heteroatoms. The molecular weight excluding hydrogens is 345 g/mol. The van der Waals surface area contributed by atoms with Crippen molar-refractivity contribution in [3.8, 4) is 11.5 Å². The first kappa shape index (κ1) is 15.3. The van der Waals surface area contributed by atoms with Crippen LogP contribution in [0.5, 0.6) is 11.5 Å². The maximum atomic E-state index is 13.7. The minimum atomic E-state index is -0.431. The molecule has 2 aromatic rings. The molecule has 0 aliphatic heterocycles. The summed E-state index contributed by atoms with van der Waals surface area (Å²) in [6.45, 7) is 1.88. The number of benzene rings is 2. The van der Waals surface area contributed by atoms with Crippen LogP contribution >= 0.6 is 27.5 Å². The number of hydrogen-bond acceptors (Lipinski definition) is 2. The van der Waals surface area contributed by atoms with E-state index in [0.717, 1.165) is 10.0 Å². The minimum absolute atomic E-state index is 0.0652. The van der Waals surface area contributed by atoms with Crippen LogP contribution in [0.2, 0.25) is 5.02 Å². The fourth-order valence-corrected chi connectivity index (χ4v) is 2.41. The van der Waals surface area contributed by atoms with Gasteiger partial charge < -0.3 is 10.5 Å². The number of nitrogens with two attached hydrogens (primary N) is 1. The van der Waals surface area contributed by atoms with Crippen molar-refractivity contribution in [2.75, 3.05) is 0 Å². The molecule has 2 rings (SSSR count). The van der Waals surface area contributed by atoms with Gasteiger partial charge in [0.2, 0.25) is 0 Å². The highest BCUT2D eigenvalue weighted by molar-refractivity contribution is 9.10. The zero-order valence-corrected chi connectivity index (χ0v) is 13.2. The Kier molecular flexibility index (Phi) is 5.02. The molecule has 1 unspecified atom stereocenters. The first-order chi connectivity index (χ1) is 9.47. The number of ether oxygens (including phenoxy) is 1. The van der Waals surface area contributed by atoms with Crippen molar-refractivity contribution in [3.05, 3.63) is 57.3 Å². The van der Waals surface area contributed by atoms with E-state index in [1.807, 2.05) is 6.92 Å². The Morgan fingerprint density at radius 3 is 2.75 bits per heavy atom. The lowest BCUT2D eigenvalue weighted by Gasteiger charge is -2.15. The summed E-state index contributed by atoms with van der Waals surface area (Å²) in [5.74, 6) is 0.235. The van der Waals surface area contributed by atoms with Gasteiger partial charge in [0, 0.05) is 21.1 Å². The average Bonchev–Trinajstić information content (AvgIpc) is 2.37. The Morgan fingerprint density at radius 2 is 2.05 bits per heavy atom. The molecule has 0 bridgehead atoms. The summed E-state index contributed by atoms with van der Waals surface area (Å²) in [6, 6.07) is 9.75. The first-order valence-electron chi connectivity index (χ1n) is 6.13. The van der Waals surface area contributed by atoms with Crippen LogP contribution in [-0.4, -0.2) is 6.04 Å². The van der Waals surface area contributed by atoms with E-state index < -0.39 is 5.82 Å². The van der Waals surface area contributed by atoms with Gasteiger partial charge >= 0.3 is 0 Å². The second kappa shape index (κ2) is 6.57. The highest BCUT2D eigenvalue weighted by atomic mass is 79.9. The molecule has 1 atom stereocenters. The summed E-state index contributed by atoms with van der Waals surface area (Å²) < 4.78 is 20.1. The molecule has 0 radical (unpaired) electrons. The smallest absolute Gasteiger partial charge is 0.165 e. The van der Waals surface area contributed by atoms with Crippen LogP contribution in [0.3, 0.4) is 0 Å². The van der Waals surface area contributed by atoms with E-state index in [2.05, 4.69) is 15.9 Å². The van der Waals surface area contributed by atoms with E-state index in [0.29, 0.717) is 17.2 Å². The van der Waals surface area contributed by atoms with Crippen molar-refractivity contribution in [1.82, 2.24) is 0 Å². The minimum Gasteiger partial charge on any atom is -0.454 e. The third kappa shape index (κ3) is 3.72. The van der Waals surface area contributed by atoms with Crippen LogP contribution in [0.4, 0.5) is 4.39 Å². The fraction of sp³-hybridized carbons (Fsp3) is 0.200. The molecule has 0 amide bonds. The van der Waals surface area contributed by atoms with Crippen LogP contribution < -0.4 is 10.5 Å². The Bertz CT molecular complexity index is 619. The van der Waals surface area contributed by atoms with Crippen LogP contribution in [0.1, 0.15) is 12.5 Å². The predicted molar refractivity (Wildman–Crippen MR) is 83.0 cm³/mol.